The molecular weight excluding hydrogens is 232 g/mol. The molecule has 0 aromatic heterocycles. The van der Waals surface area contributed by atoms with E-state index in [2.05, 4.69) is 70.8 Å². The number of aryl methyl sites for hydroxylation is 3. The van der Waals surface area contributed by atoms with Crippen LogP contribution in [0.25, 0.3) is 0 Å². The van der Waals surface area contributed by atoms with Crippen molar-refractivity contribution in [2.75, 3.05) is 18.0 Å². The molecule has 0 amide bonds. The number of piperazine rings is 1. The minimum atomic E-state index is 0.153. The Hall–Kier alpha value is -1.02. The van der Waals surface area contributed by atoms with E-state index in [9.17, 15) is 0 Å². The second-order valence-corrected chi connectivity index (χ2v) is 7.38. The highest BCUT2D eigenvalue weighted by atomic mass is 15.3. The molecule has 2 heteroatoms. The molecule has 0 bridgehead atoms. The van der Waals surface area contributed by atoms with Crippen LogP contribution < -0.4 is 10.2 Å². The van der Waals surface area contributed by atoms with Crippen LogP contribution in [-0.4, -0.2) is 24.2 Å². The molecule has 106 valence electrons. The second-order valence-electron chi connectivity index (χ2n) is 7.38. The van der Waals surface area contributed by atoms with E-state index < -0.39 is 0 Å². The molecule has 1 aliphatic heterocycles. The molecule has 0 saturated carbocycles. The van der Waals surface area contributed by atoms with Crippen LogP contribution in [0, 0.1) is 20.8 Å². The third-order valence-corrected chi connectivity index (χ3v) is 4.19. The fraction of sp³-hybridized carbons (Fsp3) is 0.647. The molecule has 1 aromatic carbocycles. The molecule has 1 N–H and O–H groups in total. The summed E-state index contributed by atoms with van der Waals surface area (Å²) in [6, 6.07) is 4.60. The van der Waals surface area contributed by atoms with E-state index in [4.69, 9.17) is 0 Å². The Kier molecular flexibility index (Phi) is 3.42. The molecule has 0 atom stereocenters. The van der Waals surface area contributed by atoms with Gasteiger partial charge in [0, 0.05) is 29.9 Å². The minimum Gasteiger partial charge on any atom is -0.363 e. The largest absolute Gasteiger partial charge is 0.363 e. The number of nitrogens with zero attached hydrogens (tertiary/aromatic N) is 1. The average Bonchev–Trinajstić information content (AvgIpc) is 2.22. The zero-order chi connectivity index (χ0) is 14.4. The molecule has 0 unspecified atom stereocenters. The van der Waals surface area contributed by atoms with Crippen LogP contribution >= 0.6 is 0 Å². The van der Waals surface area contributed by atoms with Gasteiger partial charge in [0.25, 0.3) is 0 Å². The summed E-state index contributed by atoms with van der Waals surface area (Å²) < 4.78 is 0. The highest BCUT2D eigenvalue weighted by molar-refractivity contribution is 5.62. The Morgan fingerprint density at radius 2 is 1.53 bits per heavy atom. The fourth-order valence-electron chi connectivity index (χ4n) is 3.20. The number of anilines is 1. The van der Waals surface area contributed by atoms with Crippen LogP contribution in [-0.2, 0) is 0 Å². The third-order valence-electron chi connectivity index (χ3n) is 4.19. The summed E-state index contributed by atoms with van der Waals surface area (Å²) in [5, 5.41) is 3.66. The van der Waals surface area contributed by atoms with Crippen LogP contribution in [0.1, 0.15) is 44.4 Å². The summed E-state index contributed by atoms with van der Waals surface area (Å²) in [5.74, 6) is 0. The van der Waals surface area contributed by atoms with Gasteiger partial charge in [-0.2, -0.15) is 0 Å². The first-order valence-electron chi connectivity index (χ1n) is 7.23. The minimum absolute atomic E-state index is 0.153. The molecule has 2 rings (SSSR count). The number of hydrogen-bond acceptors (Lipinski definition) is 2. The normalized spacial score (nSPS) is 21.5. The Balaban J connectivity index is 2.49. The molecule has 0 spiro atoms. The summed E-state index contributed by atoms with van der Waals surface area (Å²) in [7, 11) is 0. The van der Waals surface area contributed by atoms with Gasteiger partial charge in [0.15, 0.2) is 0 Å². The molecule has 19 heavy (non-hydrogen) atoms. The van der Waals surface area contributed by atoms with Crippen molar-refractivity contribution in [2.45, 2.75) is 59.5 Å². The molecule has 1 heterocycles. The van der Waals surface area contributed by atoms with E-state index in [1.54, 1.807) is 0 Å². The maximum atomic E-state index is 3.66. The predicted molar refractivity (Wildman–Crippen MR) is 84.2 cm³/mol. The van der Waals surface area contributed by atoms with Gasteiger partial charge in [-0.25, -0.2) is 0 Å². The number of nitrogens with one attached hydrogen (secondary N) is 1. The standard InChI is InChI=1S/C17H28N2/c1-12-8-13(2)15(14(3)9-12)19-11-16(4,5)18-10-17(19,6)7/h8-9,18H,10-11H2,1-7H3. The van der Waals surface area contributed by atoms with E-state index in [1.807, 2.05) is 0 Å². The molecule has 1 fully saturated rings. The summed E-state index contributed by atoms with van der Waals surface area (Å²) >= 11 is 0. The molecule has 1 aliphatic rings. The highest BCUT2D eigenvalue weighted by Gasteiger charge is 2.38. The summed E-state index contributed by atoms with van der Waals surface area (Å²) in [6.07, 6.45) is 0. The number of benzene rings is 1. The van der Waals surface area contributed by atoms with Gasteiger partial charge >= 0.3 is 0 Å². The van der Waals surface area contributed by atoms with Gasteiger partial charge in [-0.1, -0.05) is 17.7 Å². The summed E-state index contributed by atoms with van der Waals surface area (Å²) in [4.78, 5) is 2.59. The van der Waals surface area contributed by atoms with E-state index in [1.165, 1.54) is 22.4 Å². The van der Waals surface area contributed by atoms with Crippen molar-refractivity contribution in [1.29, 1.82) is 0 Å². The smallest absolute Gasteiger partial charge is 0.0471 e. The predicted octanol–water partition coefficient (Wildman–Crippen LogP) is 3.58. The Morgan fingerprint density at radius 1 is 1.00 bits per heavy atom. The first-order valence-corrected chi connectivity index (χ1v) is 7.23. The van der Waals surface area contributed by atoms with Crippen LogP contribution in [0.5, 0.6) is 0 Å². The van der Waals surface area contributed by atoms with Gasteiger partial charge in [0.2, 0.25) is 0 Å². The van der Waals surface area contributed by atoms with Crippen molar-refractivity contribution in [3.8, 4) is 0 Å². The van der Waals surface area contributed by atoms with Crippen molar-refractivity contribution in [3.63, 3.8) is 0 Å². The van der Waals surface area contributed by atoms with Gasteiger partial charge in [-0.15, -0.1) is 0 Å². The van der Waals surface area contributed by atoms with Gasteiger partial charge in [-0.05, 0) is 59.6 Å². The molecular formula is C17H28N2. The van der Waals surface area contributed by atoms with Crippen LogP contribution in [0.15, 0.2) is 12.1 Å². The van der Waals surface area contributed by atoms with Crippen LogP contribution in [0.4, 0.5) is 5.69 Å². The molecule has 1 aromatic rings. The lowest BCUT2D eigenvalue weighted by Gasteiger charge is -2.52. The molecule has 2 nitrogen and oxygen atoms in total. The van der Waals surface area contributed by atoms with Gasteiger partial charge in [0.1, 0.15) is 0 Å². The van der Waals surface area contributed by atoms with Gasteiger partial charge < -0.3 is 10.2 Å². The van der Waals surface area contributed by atoms with Crippen LogP contribution in [0.2, 0.25) is 0 Å². The highest BCUT2D eigenvalue weighted by Crippen LogP contribution is 2.34. The maximum absolute atomic E-state index is 3.66. The lowest BCUT2D eigenvalue weighted by molar-refractivity contribution is 0.260. The van der Waals surface area contributed by atoms with E-state index in [-0.39, 0.29) is 11.1 Å². The van der Waals surface area contributed by atoms with E-state index >= 15 is 0 Å². The second kappa shape index (κ2) is 4.52. The fourth-order valence-corrected chi connectivity index (χ4v) is 3.20. The van der Waals surface area contributed by atoms with E-state index in [0.717, 1.165) is 13.1 Å². The summed E-state index contributed by atoms with van der Waals surface area (Å²) in [6.45, 7) is 17.9. The quantitative estimate of drug-likeness (QED) is 0.830. The average molecular weight is 260 g/mol. The Bertz CT molecular complexity index is 463. The SMILES string of the molecule is Cc1cc(C)c(N2CC(C)(C)NCC2(C)C)c(C)c1. The Labute approximate surface area is 118 Å². The molecule has 0 aliphatic carbocycles. The van der Waals surface area contributed by atoms with Gasteiger partial charge in [-0.3, -0.25) is 0 Å². The van der Waals surface area contributed by atoms with Crippen LogP contribution in [0.3, 0.4) is 0 Å². The molecule has 1 saturated heterocycles. The zero-order valence-corrected chi connectivity index (χ0v) is 13.5. The van der Waals surface area contributed by atoms with Crippen molar-refractivity contribution in [2.24, 2.45) is 0 Å². The van der Waals surface area contributed by atoms with Gasteiger partial charge in [0.05, 0.1) is 0 Å². The van der Waals surface area contributed by atoms with Crippen molar-refractivity contribution < 1.29 is 0 Å². The molecule has 0 radical (unpaired) electrons. The number of hydrogen-bond donors (Lipinski definition) is 1. The van der Waals surface area contributed by atoms with Crippen molar-refractivity contribution in [1.82, 2.24) is 5.32 Å². The zero-order valence-electron chi connectivity index (χ0n) is 13.5. The van der Waals surface area contributed by atoms with E-state index in [0.29, 0.717) is 0 Å². The maximum Gasteiger partial charge on any atom is 0.0471 e. The third kappa shape index (κ3) is 2.79. The topological polar surface area (TPSA) is 15.3 Å². The van der Waals surface area contributed by atoms with Crippen molar-refractivity contribution >= 4 is 5.69 Å². The Morgan fingerprint density at radius 3 is 2.05 bits per heavy atom. The lowest BCUT2D eigenvalue weighted by Crippen LogP contribution is -2.66. The lowest BCUT2D eigenvalue weighted by atomic mass is 9.89. The monoisotopic (exact) mass is 260 g/mol. The number of rotatable bonds is 1. The summed E-state index contributed by atoms with van der Waals surface area (Å²) in [5.41, 5.74) is 5.88. The van der Waals surface area contributed by atoms with Crippen molar-refractivity contribution in [3.05, 3.63) is 28.8 Å². The first-order chi connectivity index (χ1) is 8.62. The first kappa shape index (κ1) is 14.4.